The number of nitrogen functional groups attached to an aromatic ring is 1. The van der Waals surface area contributed by atoms with Crippen LogP contribution in [0.3, 0.4) is 0 Å². The molecule has 1 fully saturated rings. The van der Waals surface area contributed by atoms with Crippen molar-refractivity contribution in [1.82, 2.24) is 24.1 Å². The minimum absolute atomic E-state index is 0.0651. The molecule has 4 rings (SSSR count). The molecule has 0 saturated carbocycles. The highest BCUT2D eigenvalue weighted by Crippen LogP contribution is 2.29. The Morgan fingerprint density at radius 2 is 2.00 bits per heavy atom. The van der Waals surface area contributed by atoms with Crippen molar-refractivity contribution in [2.24, 2.45) is 0 Å². The topological polar surface area (TPSA) is 95.5 Å². The number of pyridine rings is 1. The largest absolute Gasteiger partial charge is 0.401 e. The monoisotopic (exact) mass is 456 g/mol. The molecular weight excluding hydrogens is 437 g/mol. The van der Waals surface area contributed by atoms with Crippen molar-refractivity contribution >= 4 is 41.0 Å². The molecule has 0 aromatic carbocycles. The highest BCUT2D eigenvalue weighted by atomic mass is 35.5. The predicted octanol–water partition coefficient (Wildman–Crippen LogP) is 2.19. The second-order valence-corrected chi connectivity index (χ2v) is 7.66. The van der Waals surface area contributed by atoms with Gasteiger partial charge in [-0.25, -0.2) is 4.68 Å². The number of nitrogens with two attached hydrogens (primary N) is 1. The van der Waals surface area contributed by atoms with Crippen LogP contribution >= 0.6 is 11.8 Å². The molecule has 0 atom stereocenters. The summed E-state index contributed by atoms with van der Waals surface area (Å²) in [7, 11) is 0. The molecule has 13 heteroatoms. The van der Waals surface area contributed by atoms with Crippen molar-refractivity contribution in [2.75, 3.05) is 48.7 Å². The Kier molecular flexibility index (Phi) is 5.67. The second kappa shape index (κ2) is 8.27. The Hall–Kier alpha value is -2.99. The second-order valence-electron chi connectivity index (χ2n) is 7.23. The van der Waals surface area contributed by atoms with Crippen molar-refractivity contribution in [3.8, 4) is 0 Å². The molecule has 1 amide bonds. The zero-order chi connectivity index (χ0) is 22.2. The number of piperazine rings is 1. The SMILES string of the molecule is Nc1nn2c(c1C(=O)Nc1cnccc1N1CCN(CC(F)(F)F)CC1)C=CN(Cl)C2. The maximum atomic E-state index is 13.0. The summed E-state index contributed by atoms with van der Waals surface area (Å²) in [6.07, 6.45) is 2.08. The molecule has 2 aromatic rings. The van der Waals surface area contributed by atoms with Gasteiger partial charge in [0, 0.05) is 50.4 Å². The van der Waals surface area contributed by atoms with E-state index in [9.17, 15) is 18.0 Å². The van der Waals surface area contributed by atoms with Crippen molar-refractivity contribution in [1.29, 1.82) is 0 Å². The smallest absolute Gasteiger partial charge is 0.382 e. The summed E-state index contributed by atoms with van der Waals surface area (Å²) in [5.41, 5.74) is 7.81. The van der Waals surface area contributed by atoms with Crippen LogP contribution in [0.1, 0.15) is 16.1 Å². The summed E-state index contributed by atoms with van der Waals surface area (Å²) in [5.74, 6) is -0.397. The first-order valence-electron chi connectivity index (χ1n) is 9.47. The number of amides is 1. The summed E-state index contributed by atoms with van der Waals surface area (Å²) in [6, 6.07) is 1.72. The number of hydrogen-bond acceptors (Lipinski definition) is 7. The maximum absolute atomic E-state index is 13.0. The molecule has 4 heterocycles. The van der Waals surface area contributed by atoms with Gasteiger partial charge < -0.3 is 16.0 Å². The third kappa shape index (κ3) is 4.69. The van der Waals surface area contributed by atoms with Crippen LogP contribution in [0.2, 0.25) is 0 Å². The maximum Gasteiger partial charge on any atom is 0.401 e. The zero-order valence-corrected chi connectivity index (χ0v) is 17.1. The van der Waals surface area contributed by atoms with Gasteiger partial charge >= 0.3 is 6.18 Å². The van der Waals surface area contributed by atoms with E-state index < -0.39 is 18.6 Å². The van der Waals surface area contributed by atoms with Gasteiger partial charge in [0.1, 0.15) is 12.2 Å². The van der Waals surface area contributed by atoms with Crippen molar-refractivity contribution in [3.05, 3.63) is 35.9 Å². The van der Waals surface area contributed by atoms with Crippen LogP contribution in [0.25, 0.3) is 6.08 Å². The molecule has 0 aliphatic carbocycles. The molecule has 2 aliphatic heterocycles. The molecule has 9 nitrogen and oxygen atoms in total. The molecule has 3 N–H and O–H groups in total. The Morgan fingerprint density at radius 1 is 1.26 bits per heavy atom. The lowest BCUT2D eigenvalue weighted by Crippen LogP contribution is -2.49. The van der Waals surface area contributed by atoms with E-state index in [1.165, 1.54) is 20.2 Å². The number of alkyl halides is 3. The number of carbonyl (C=O) groups is 1. The van der Waals surface area contributed by atoms with E-state index in [0.717, 1.165) is 0 Å². The third-order valence-electron chi connectivity index (χ3n) is 5.07. The molecule has 0 unspecified atom stereocenters. The lowest BCUT2D eigenvalue weighted by Gasteiger charge is -2.37. The van der Waals surface area contributed by atoms with Gasteiger partial charge in [-0.1, -0.05) is 0 Å². The summed E-state index contributed by atoms with van der Waals surface area (Å²) in [6.45, 7) is 0.619. The van der Waals surface area contributed by atoms with Gasteiger partial charge in [-0.2, -0.15) is 18.3 Å². The molecule has 0 bridgehead atoms. The summed E-state index contributed by atoms with van der Waals surface area (Å²) in [5, 5.41) is 6.96. The lowest BCUT2D eigenvalue weighted by atomic mass is 10.2. The van der Waals surface area contributed by atoms with Crippen LogP contribution in [0.15, 0.2) is 24.7 Å². The van der Waals surface area contributed by atoms with Gasteiger partial charge in [-0.3, -0.25) is 19.1 Å². The number of rotatable bonds is 4. The predicted molar refractivity (Wildman–Crippen MR) is 110 cm³/mol. The van der Waals surface area contributed by atoms with E-state index in [-0.39, 0.29) is 31.1 Å². The average molecular weight is 457 g/mol. The van der Waals surface area contributed by atoms with E-state index in [2.05, 4.69) is 15.4 Å². The average Bonchev–Trinajstić information content (AvgIpc) is 3.02. The van der Waals surface area contributed by atoms with Gasteiger partial charge in [0.15, 0.2) is 5.82 Å². The summed E-state index contributed by atoms with van der Waals surface area (Å²) < 4.78 is 40.8. The Bertz CT molecular complexity index is 1000. The van der Waals surface area contributed by atoms with Gasteiger partial charge in [0.2, 0.25) is 0 Å². The highest BCUT2D eigenvalue weighted by Gasteiger charge is 2.32. The number of aromatic nitrogens is 3. The van der Waals surface area contributed by atoms with Crippen LogP contribution < -0.4 is 16.0 Å². The van der Waals surface area contributed by atoms with E-state index in [1.807, 2.05) is 4.90 Å². The molecule has 0 radical (unpaired) electrons. The first-order valence-corrected chi connectivity index (χ1v) is 9.81. The van der Waals surface area contributed by atoms with E-state index in [4.69, 9.17) is 17.5 Å². The number of hydrogen-bond donors (Lipinski definition) is 2. The van der Waals surface area contributed by atoms with E-state index >= 15 is 0 Å². The molecule has 1 saturated heterocycles. The van der Waals surface area contributed by atoms with Crippen LogP contribution in [0.4, 0.5) is 30.4 Å². The lowest BCUT2D eigenvalue weighted by molar-refractivity contribution is -0.146. The fourth-order valence-electron chi connectivity index (χ4n) is 3.68. The van der Waals surface area contributed by atoms with Crippen LogP contribution in [0, 0.1) is 0 Å². The van der Waals surface area contributed by atoms with Crippen molar-refractivity contribution < 1.29 is 18.0 Å². The molecule has 31 heavy (non-hydrogen) atoms. The standard InChI is InChI=1S/C18H20ClF3N8O/c19-29-4-2-14-15(16(23)26-30(14)11-29)17(31)25-12-9-24-3-1-13(12)28-7-5-27(6-8-28)10-18(20,21)22/h1-4,9H,5-8,10-11H2,(H2,23,26)(H,25,31). The molecule has 2 aliphatic rings. The minimum atomic E-state index is -4.22. The Morgan fingerprint density at radius 3 is 2.71 bits per heavy atom. The molecule has 2 aromatic heterocycles. The van der Waals surface area contributed by atoms with Crippen LogP contribution in [-0.2, 0) is 6.67 Å². The normalized spacial score (nSPS) is 17.0. The zero-order valence-electron chi connectivity index (χ0n) is 16.3. The third-order valence-corrected chi connectivity index (χ3v) is 5.29. The quantitative estimate of drug-likeness (QED) is 0.681. The highest BCUT2D eigenvalue weighted by molar-refractivity contribution is 6.14. The van der Waals surface area contributed by atoms with Crippen molar-refractivity contribution in [3.63, 3.8) is 0 Å². The fraction of sp³-hybridized carbons (Fsp3) is 0.389. The summed E-state index contributed by atoms with van der Waals surface area (Å²) in [4.78, 5) is 20.3. The summed E-state index contributed by atoms with van der Waals surface area (Å²) >= 11 is 5.93. The first-order chi connectivity index (χ1) is 14.7. The van der Waals surface area contributed by atoms with Gasteiger partial charge in [0.05, 0.1) is 29.8 Å². The van der Waals surface area contributed by atoms with Gasteiger partial charge in [0.25, 0.3) is 5.91 Å². The Balaban J connectivity index is 1.50. The number of nitrogens with one attached hydrogen (secondary N) is 1. The van der Waals surface area contributed by atoms with E-state index in [1.54, 1.807) is 24.5 Å². The number of nitrogens with zero attached hydrogens (tertiary/aromatic N) is 6. The van der Waals surface area contributed by atoms with Gasteiger partial charge in [-0.15, -0.1) is 0 Å². The molecule has 166 valence electrons. The Labute approximate surface area is 181 Å². The van der Waals surface area contributed by atoms with Crippen LogP contribution in [0.5, 0.6) is 0 Å². The number of fused-ring (bicyclic) bond motifs is 1. The number of halogens is 4. The molecule has 0 spiro atoms. The van der Waals surface area contributed by atoms with Gasteiger partial charge in [-0.05, 0) is 12.1 Å². The number of anilines is 3. The first kappa shape index (κ1) is 21.2. The molecular formula is C18H20ClF3N8O. The fourth-order valence-corrected chi connectivity index (χ4v) is 3.83. The van der Waals surface area contributed by atoms with Crippen LogP contribution in [-0.4, -0.2) is 68.9 Å². The van der Waals surface area contributed by atoms with E-state index in [0.29, 0.717) is 30.2 Å². The van der Waals surface area contributed by atoms with Crippen molar-refractivity contribution in [2.45, 2.75) is 12.8 Å². The number of carbonyl (C=O) groups excluding carboxylic acids is 1. The minimum Gasteiger partial charge on any atom is -0.382 e.